The fourth-order valence-corrected chi connectivity index (χ4v) is 2.65. The van der Waals surface area contributed by atoms with Crippen LogP contribution in [0.15, 0.2) is 18.2 Å². The van der Waals surface area contributed by atoms with Crippen LogP contribution in [-0.4, -0.2) is 22.7 Å². The lowest BCUT2D eigenvalue weighted by atomic mass is 9.98. The highest BCUT2D eigenvalue weighted by Gasteiger charge is 2.20. The van der Waals surface area contributed by atoms with Crippen molar-refractivity contribution in [2.24, 2.45) is 0 Å². The van der Waals surface area contributed by atoms with Gasteiger partial charge in [0.15, 0.2) is 0 Å². The number of amides is 1. The Morgan fingerprint density at radius 1 is 1.32 bits per heavy atom. The summed E-state index contributed by atoms with van der Waals surface area (Å²) in [7, 11) is 0. The van der Waals surface area contributed by atoms with Crippen molar-refractivity contribution in [3.8, 4) is 5.75 Å². The molecule has 1 N–H and O–H groups in total. The van der Waals surface area contributed by atoms with E-state index < -0.39 is 0 Å². The number of hydrogen-bond acceptors (Lipinski definition) is 5. The Morgan fingerprint density at radius 2 is 2.05 bits per heavy atom. The number of anilines is 1. The van der Waals surface area contributed by atoms with Crippen molar-refractivity contribution in [3.63, 3.8) is 0 Å². The predicted molar refractivity (Wildman–Crippen MR) is 88.9 cm³/mol. The molecule has 0 fully saturated rings. The molecule has 1 amide bonds. The summed E-state index contributed by atoms with van der Waals surface area (Å²) in [4.78, 5) is 12.3. The third kappa shape index (κ3) is 3.82. The molecule has 6 heteroatoms. The molecule has 0 spiro atoms. The second-order valence-electron chi connectivity index (χ2n) is 6.03. The average Bonchev–Trinajstić information content (AvgIpc) is 2.89. The summed E-state index contributed by atoms with van der Waals surface area (Å²) in [6.45, 7) is 10.7. The molecule has 1 aromatic carbocycles. The predicted octanol–water partition coefficient (Wildman–Crippen LogP) is 3.80. The van der Waals surface area contributed by atoms with Crippen molar-refractivity contribution in [3.05, 3.63) is 34.3 Å². The third-order valence-electron chi connectivity index (χ3n) is 3.02. The summed E-state index contributed by atoms with van der Waals surface area (Å²) in [5.74, 6) is 0.604. The number of carbonyl (C=O) groups is 1. The van der Waals surface area contributed by atoms with E-state index >= 15 is 0 Å². The molecule has 0 unspecified atom stereocenters. The van der Waals surface area contributed by atoms with Gasteiger partial charge in [-0.15, -0.1) is 10.2 Å². The number of carbonyl (C=O) groups excluding carboxylic acids is 1. The summed E-state index contributed by atoms with van der Waals surface area (Å²) < 4.78 is 5.48. The molecule has 0 saturated carbocycles. The van der Waals surface area contributed by atoms with E-state index in [2.05, 4.69) is 36.3 Å². The van der Waals surface area contributed by atoms with Crippen molar-refractivity contribution in [1.82, 2.24) is 10.2 Å². The van der Waals surface area contributed by atoms with E-state index in [1.54, 1.807) is 6.07 Å². The first-order chi connectivity index (χ1) is 10.3. The molecule has 0 aliphatic heterocycles. The average molecular weight is 319 g/mol. The van der Waals surface area contributed by atoms with Crippen LogP contribution >= 0.6 is 11.3 Å². The van der Waals surface area contributed by atoms with Gasteiger partial charge in [0.1, 0.15) is 10.8 Å². The van der Waals surface area contributed by atoms with Gasteiger partial charge in [-0.2, -0.15) is 0 Å². The molecule has 118 valence electrons. The molecule has 22 heavy (non-hydrogen) atoms. The zero-order valence-corrected chi connectivity index (χ0v) is 14.4. The Labute approximate surface area is 134 Å². The number of benzene rings is 1. The molecule has 0 aliphatic rings. The summed E-state index contributed by atoms with van der Waals surface area (Å²) in [6.07, 6.45) is 0. The van der Waals surface area contributed by atoms with Crippen LogP contribution in [0.3, 0.4) is 0 Å². The highest BCUT2D eigenvalue weighted by Crippen LogP contribution is 2.28. The summed E-state index contributed by atoms with van der Waals surface area (Å²) in [5, 5.41) is 12.4. The van der Waals surface area contributed by atoms with Crippen LogP contribution in [0.2, 0.25) is 0 Å². The maximum Gasteiger partial charge on any atom is 0.257 e. The first-order valence-electron chi connectivity index (χ1n) is 7.20. The van der Waals surface area contributed by atoms with E-state index in [1.165, 1.54) is 11.3 Å². The topological polar surface area (TPSA) is 64.1 Å². The number of aromatic nitrogens is 2. The van der Waals surface area contributed by atoms with Crippen molar-refractivity contribution < 1.29 is 9.53 Å². The highest BCUT2D eigenvalue weighted by molar-refractivity contribution is 7.15. The summed E-state index contributed by atoms with van der Waals surface area (Å²) in [5.41, 5.74) is 1.44. The Bertz CT molecular complexity index is 674. The first kappa shape index (κ1) is 16.4. The third-order valence-corrected chi connectivity index (χ3v) is 4.29. The number of aryl methyl sites for hydroxylation is 1. The van der Waals surface area contributed by atoms with Crippen molar-refractivity contribution in [2.75, 3.05) is 11.9 Å². The minimum Gasteiger partial charge on any atom is -0.494 e. The maximum atomic E-state index is 12.3. The Morgan fingerprint density at radius 3 is 2.59 bits per heavy atom. The fraction of sp³-hybridized carbons (Fsp3) is 0.438. The number of nitrogens with zero attached hydrogens (tertiary/aromatic N) is 2. The van der Waals surface area contributed by atoms with E-state index in [-0.39, 0.29) is 11.3 Å². The molecule has 5 nitrogen and oxygen atoms in total. The number of rotatable bonds is 4. The van der Waals surface area contributed by atoms with E-state index in [0.29, 0.717) is 17.3 Å². The molecule has 1 aromatic heterocycles. The molecule has 0 atom stereocenters. The van der Waals surface area contributed by atoms with Gasteiger partial charge < -0.3 is 4.74 Å². The van der Waals surface area contributed by atoms with Crippen LogP contribution in [0.5, 0.6) is 5.75 Å². The van der Waals surface area contributed by atoms with Crippen molar-refractivity contribution >= 4 is 22.4 Å². The lowest BCUT2D eigenvalue weighted by Gasteiger charge is -2.12. The van der Waals surface area contributed by atoms with Crippen LogP contribution in [0, 0.1) is 6.92 Å². The molecular weight excluding hydrogens is 298 g/mol. The Hall–Kier alpha value is -1.95. The van der Waals surface area contributed by atoms with Gasteiger partial charge in [0.25, 0.3) is 5.91 Å². The SMILES string of the molecule is CCOc1ccc(C(=O)Nc2nnc(C(C)(C)C)s2)cc1C. The molecule has 0 radical (unpaired) electrons. The molecule has 0 bridgehead atoms. The molecular formula is C16H21N3O2S. The fourth-order valence-electron chi connectivity index (χ4n) is 1.85. The summed E-state index contributed by atoms with van der Waals surface area (Å²) in [6, 6.07) is 5.37. The van der Waals surface area contributed by atoms with Gasteiger partial charge in [0, 0.05) is 11.0 Å². The Kier molecular flexibility index (Phi) is 4.81. The van der Waals surface area contributed by atoms with Gasteiger partial charge in [0.05, 0.1) is 6.61 Å². The normalized spacial score (nSPS) is 11.3. The van der Waals surface area contributed by atoms with Crippen LogP contribution in [0.25, 0.3) is 0 Å². The number of hydrogen-bond donors (Lipinski definition) is 1. The largest absolute Gasteiger partial charge is 0.494 e. The Balaban J connectivity index is 2.12. The minimum absolute atomic E-state index is 0.0730. The van der Waals surface area contributed by atoms with E-state index in [1.807, 2.05) is 26.0 Å². The van der Waals surface area contributed by atoms with E-state index in [9.17, 15) is 4.79 Å². The van der Waals surface area contributed by atoms with Gasteiger partial charge in [-0.25, -0.2) is 0 Å². The van der Waals surface area contributed by atoms with Crippen molar-refractivity contribution in [2.45, 2.75) is 40.0 Å². The monoisotopic (exact) mass is 319 g/mol. The smallest absolute Gasteiger partial charge is 0.257 e. The molecule has 1 heterocycles. The number of nitrogens with one attached hydrogen (secondary N) is 1. The number of ether oxygens (including phenoxy) is 1. The molecule has 0 aliphatic carbocycles. The maximum absolute atomic E-state index is 12.3. The molecule has 2 aromatic rings. The molecule has 2 rings (SSSR count). The summed E-state index contributed by atoms with van der Waals surface area (Å²) >= 11 is 1.40. The van der Waals surface area contributed by atoms with Gasteiger partial charge in [-0.05, 0) is 37.6 Å². The van der Waals surface area contributed by atoms with E-state index in [0.717, 1.165) is 16.3 Å². The zero-order chi connectivity index (χ0) is 16.3. The van der Waals surface area contributed by atoms with Crippen LogP contribution in [0.1, 0.15) is 48.6 Å². The van der Waals surface area contributed by atoms with Gasteiger partial charge in [-0.3, -0.25) is 10.1 Å². The van der Waals surface area contributed by atoms with Gasteiger partial charge in [-0.1, -0.05) is 32.1 Å². The second-order valence-corrected chi connectivity index (χ2v) is 7.01. The van der Waals surface area contributed by atoms with Crippen LogP contribution in [-0.2, 0) is 5.41 Å². The van der Waals surface area contributed by atoms with Crippen LogP contribution in [0.4, 0.5) is 5.13 Å². The zero-order valence-electron chi connectivity index (χ0n) is 13.6. The van der Waals surface area contributed by atoms with Gasteiger partial charge >= 0.3 is 0 Å². The second kappa shape index (κ2) is 6.44. The quantitative estimate of drug-likeness (QED) is 0.931. The van der Waals surface area contributed by atoms with Gasteiger partial charge in [0.2, 0.25) is 5.13 Å². The lowest BCUT2D eigenvalue weighted by Crippen LogP contribution is -2.12. The minimum atomic E-state index is -0.192. The lowest BCUT2D eigenvalue weighted by molar-refractivity contribution is 0.102. The van der Waals surface area contributed by atoms with E-state index in [4.69, 9.17) is 4.74 Å². The standard InChI is InChI=1S/C16H21N3O2S/c1-6-21-12-8-7-11(9-10(12)2)13(20)17-15-19-18-14(22-15)16(3,4)5/h7-9H,6H2,1-5H3,(H,17,19,20). The van der Waals surface area contributed by atoms with Crippen LogP contribution < -0.4 is 10.1 Å². The molecule has 0 saturated heterocycles. The first-order valence-corrected chi connectivity index (χ1v) is 8.01. The van der Waals surface area contributed by atoms with Crippen molar-refractivity contribution in [1.29, 1.82) is 0 Å². The highest BCUT2D eigenvalue weighted by atomic mass is 32.1.